The Morgan fingerprint density at radius 2 is 1.75 bits per heavy atom. The lowest BCUT2D eigenvalue weighted by Gasteiger charge is -2.34. The molecule has 0 radical (unpaired) electrons. The molecule has 1 aromatic carbocycles. The Morgan fingerprint density at radius 1 is 1.08 bits per heavy atom. The van der Waals surface area contributed by atoms with Gasteiger partial charge in [0.1, 0.15) is 11.5 Å². The van der Waals surface area contributed by atoms with Gasteiger partial charge < -0.3 is 5.32 Å². The molecule has 2 heterocycles. The maximum Gasteiger partial charge on any atom is 0.196 e. The van der Waals surface area contributed by atoms with E-state index in [-0.39, 0.29) is 11.0 Å². The number of imidazole rings is 1. The van der Waals surface area contributed by atoms with E-state index < -0.39 is 0 Å². The van der Waals surface area contributed by atoms with E-state index in [9.17, 15) is 0 Å². The minimum absolute atomic E-state index is 0.0203. The topological polar surface area (TPSA) is 29.3 Å². The van der Waals surface area contributed by atoms with E-state index in [2.05, 4.69) is 81.7 Å². The molecule has 3 aromatic rings. The van der Waals surface area contributed by atoms with Crippen LogP contribution in [0.4, 0.5) is 5.82 Å². The monoisotopic (exact) mass is 341 g/mol. The quantitative estimate of drug-likeness (QED) is 0.631. The van der Waals surface area contributed by atoms with Crippen molar-refractivity contribution in [2.75, 3.05) is 5.32 Å². The van der Waals surface area contributed by atoms with Gasteiger partial charge in [0.15, 0.2) is 4.96 Å². The second kappa shape index (κ2) is 5.92. The van der Waals surface area contributed by atoms with Crippen LogP contribution in [0.3, 0.4) is 0 Å². The number of aryl methyl sites for hydroxylation is 1. The van der Waals surface area contributed by atoms with E-state index in [4.69, 9.17) is 4.98 Å². The number of hydrogen-bond donors (Lipinski definition) is 1. The molecule has 0 spiro atoms. The predicted molar refractivity (Wildman–Crippen MR) is 105 cm³/mol. The van der Waals surface area contributed by atoms with Crippen LogP contribution in [0.2, 0.25) is 0 Å². The second-order valence-corrected chi connectivity index (χ2v) is 9.63. The Bertz CT molecular complexity index is 835. The number of nitrogens with one attached hydrogen (secondary N) is 1. The molecule has 0 unspecified atom stereocenters. The average Bonchev–Trinajstić information content (AvgIpc) is 2.95. The molecule has 0 bridgehead atoms. The molecule has 128 valence electrons. The first kappa shape index (κ1) is 17.0. The molecule has 0 atom stereocenters. The summed E-state index contributed by atoms with van der Waals surface area (Å²) in [6.07, 6.45) is 3.25. The van der Waals surface area contributed by atoms with Gasteiger partial charge in [0.2, 0.25) is 0 Å². The van der Waals surface area contributed by atoms with Crippen molar-refractivity contribution in [3.8, 4) is 11.3 Å². The third-order valence-corrected chi connectivity index (χ3v) is 4.82. The fourth-order valence-electron chi connectivity index (χ4n) is 3.56. The number of hydrogen-bond acceptors (Lipinski definition) is 3. The average molecular weight is 342 g/mol. The zero-order valence-corrected chi connectivity index (χ0v) is 16.3. The van der Waals surface area contributed by atoms with E-state index in [1.165, 1.54) is 4.88 Å². The standard InChI is InChI=1S/C20H27N3S/c1-14-12-23-17(22-20(5,6)13-19(2,3)4)16(21-18(23)24-14)15-10-8-7-9-11-15/h7-12,22H,13H2,1-6H3. The summed E-state index contributed by atoms with van der Waals surface area (Å²) >= 11 is 1.73. The molecular formula is C20H27N3S. The van der Waals surface area contributed by atoms with Gasteiger partial charge in [0.25, 0.3) is 0 Å². The first-order valence-corrected chi connectivity index (χ1v) is 9.28. The summed E-state index contributed by atoms with van der Waals surface area (Å²) in [7, 11) is 0. The van der Waals surface area contributed by atoms with Crippen molar-refractivity contribution in [1.29, 1.82) is 0 Å². The van der Waals surface area contributed by atoms with Gasteiger partial charge in [-0.25, -0.2) is 4.98 Å². The summed E-state index contributed by atoms with van der Waals surface area (Å²) in [5, 5.41) is 3.79. The first-order valence-electron chi connectivity index (χ1n) is 8.47. The highest BCUT2D eigenvalue weighted by Crippen LogP contribution is 2.36. The van der Waals surface area contributed by atoms with E-state index in [0.29, 0.717) is 0 Å². The van der Waals surface area contributed by atoms with Crippen molar-refractivity contribution < 1.29 is 0 Å². The minimum Gasteiger partial charge on any atom is -0.364 e. The van der Waals surface area contributed by atoms with E-state index in [0.717, 1.165) is 28.5 Å². The van der Waals surface area contributed by atoms with Gasteiger partial charge >= 0.3 is 0 Å². The van der Waals surface area contributed by atoms with E-state index in [1.54, 1.807) is 11.3 Å². The Kier molecular flexibility index (Phi) is 4.20. The fourth-order valence-corrected chi connectivity index (χ4v) is 4.39. The van der Waals surface area contributed by atoms with Crippen molar-refractivity contribution >= 4 is 22.1 Å². The van der Waals surface area contributed by atoms with E-state index >= 15 is 0 Å². The zero-order valence-electron chi connectivity index (χ0n) is 15.5. The van der Waals surface area contributed by atoms with Crippen LogP contribution < -0.4 is 5.32 Å². The first-order chi connectivity index (χ1) is 11.1. The largest absolute Gasteiger partial charge is 0.364 e. The number of thiazole rings is 1. The van der Waals surface area contributed by atoms with Crippen LogP contribution in [-0.2, 0) is 0 Å². The number of benzene rings is 1. The normalized spacial score (nSPS) is 12.8. The molecule has 3 rings (SSSR count). The Morgan fingerprint density at radius 3 is 2.38 bits per heavy atom. The van der Waals surface area contributed by atoms with E-state index in [1.807, 2.05) is 6.07 Å². The summed E-state index contributed by atoms with van der Waals surface area (Å²) < 4.78 is 2.20. The van der Waals surface area contributed by atoms with Crippen LogP contribution in [-0.4, -0.2) is 14.9 Å². The molecule has 0 aliphatic rings. The van der Waals surface area contributed by atoms with Gasteiger partial charge in [-0.05, 0) is 32.6 Å². The molecule has 3 nitrogen and oxygen atoms in total. The van der Waals surface area contributed by atoms with Crippen molar-refractivity contribution in [2.45, 2.75) is 53.5 Å². The highest BCUT2D eigenvalue weighted by atomic mass is 32.1. The summed E-state index contributed by atoms with van der Waals surface area (Å²) in [6, 6.07) is 10.4. The highest BCUT2D eigenvalue weighted by molar-refractivity contribution is 7.17. The van der Waals surface area contributed by atoms with Crippen LogP contribution in [0.1, 0.15) is 45.9 Å². The second-order valence-electron chi connectivity index (χ2n) is 8.42. The molecule has 0 aliphatic heterocycles. The maximum atomic E-state index is 4.90. The van der Waals surface area contributed by atoms with Gasteiger partial charge in [-0.2, -0.15) is 0 Å². The zero-order chi connectivity index (χ0) is 17.5. The number of aromatic nitrogens is 2. The lowest BCUT2D eigenvalue weighted by Crippen LogP contribution is -2.36. The van der Waals surface area contributed by atoms with Crippen LogP contribution in [0.25, 0.3) is 16.2 Å². The molecule has 0 saturated carbocycles. The highest BCUT2D eigenvalue weighted by Gasteiger charge is 2.28. The summed E-state index contributed by atoms with van der Waals surface area (Å²) in [4.78, 5) is 7.22. The van der Waals surface area contributed by atoms with Gasteiger partial charge in [-0.1, -0.05) is 51.1 Å². The number of fused-ring (bicyclic) bond motifs is 1. The van der Waals surface area contributed by atoms with Crippen LogP contribution in [0, 0.1) is 12.3 Å². The predicted octanol–water partition coefficient (Wildman–Crippen LogP) is 6.00. The third-order valence-electron chi connectivity index (χ3n) is 3.92. The van der Waals surface area contributed by atoms with Crippen molar-refractivity contribution in [1.82, 2.24) is 9.38 Å². The SMILES string of the molecule is Cc1cn2c(NC(C)(C)CC(C)(C)C)c(-c3ccccc3)nc2s1. The Labute approximate surface area is 148 Å². The molecule has 4 heteroatoms. The molecule has 0 fully saturated rings. The van der Waals surface area contributed by atoms with Crippen LogP contribution in [0.5, 0.6) is 0 Å². The van der Waals surface area contributed by atoms with Crippen molar-refractivity contribution in [3.63, 3.8) is 0 Å². The summed E-state index contributed by atoms with van der Waals surface area (Å²) in [5.41, 5.74) is 2.43. The number of rotatable bonds is 4. The Hall–Kier alpha value is -1.81. The third kappa shape index (κ3) is 3.64. The smallest absolute Gasteiger partial charge is 0.196 e. The molecule has 0 aliphatic carbocycles. The molecule has 1 N–H and O–H groups in total. The molecule has 2 aromatic heterocycles. The van der Waals surface area contributed by atoms with Crippen molar-refractivity contribution in [3.05, 3.63) is 41.4 Å². The minimum atomic E-state index is -0.0203. The van der Waals surface area contributed by atoms with Gasteiger partial charge in [0.05, 0.1) is 0 Å². The lowest BCUT2D eigenvalue weighted by atomic mass is 9.82. The Balaban J connectivity index is 2.07. The van der Waals surface area contributed by atoms with Gasteiger partial charge in [-0.15, -0.1) is 11.3 Å². The van der Waals surface area contributed by atoms with Crippen molar-refractivity contribution in [2.24, 2.45) is 5.41 Å². The molecule has 0 saturated heterocycles. The number of nitrogens with zero attached hydrogens (tertiary/aromatic N) is 2. The summed E-state index contributed by atoms with van der Waals surface area (Å²) in [5.74, 6) is 1.09. The molecular weight excluding hydrogens is 314 g/mol. The van der Waals surface area contributed by atoms with Crippen LogP contribution in [0.15, 0.2) is 36.5 Å². The van der Waals surface area contributed by atoms with Gasteiger partial charge in [0, 0.05) is 22.2 Å². The van der Waals surface area contributed by atoms with Gasteiger partial charge in [-0.3, -0.25) is 4.40 Å². The lowest BCUT2D eigenvalue weighted by molar-refractivity contribution is 0.302. The fraction of sp³-hybridized carbons (Fsp3) is 0.450. The van der Waals surface area contributed by atoms with Crippen LogP contribution >= 0.6 is 11.3 Å². The maximum absolute atomic E-state index is 4.90. The summed E-state index contributed by atoms with van der Waals surface area (Å²) in [6.45, 7) is 13.5. The molecule has 24 heavy (non-hydrogen) atoms. The number of anilines is 1. The molecule has 0 amide bonds.